The fourth-order valence-corrected chi connectivity index (χ4v) is 3.47. The van der Waals surface area contributed by atoms with Crippen LogP contribution in [0.4, 0.5) is 5.69 Å². The largest absolute Gasteiger partial charge is 0.489 e. The Morgan fingerprint density at radius 2 is 1.94 bits per heavy atom. The topological polar surface area (TPSA) is 114 Å². The minimum atomic E-state index is -0.603. The molecule has 5 N–H and O–H groups in total. The summed E-state index contributed by atoms with van der Waals surface area (Å²) < 4.78 is 5.89. The molecule has 0 unspecified atom stereocenters. The first-order valence-corrected chi connectivity index (χ1v) is 10.9. The number of nitrogen functional groups attached to an aromatic ring is 1. The van der Waals surface area contributed by atoms with Crippen LogP contribution < -0.4 is 21.5 Å². The third kappa shape index (κ3) is 6.78. The summed E-state index contributed by atoms with van der Waals surface area (Å²) >= 11 is 3.79. The second-order valence-electron chi connectivity index (χ2n) is 7.26. The number of amides is 1. The maximum atomic E-state index is 11.9. The number of primary amides is 1. The van der Waals surface area contributed by atoms with E-state index in [-0.39, 0.29) is 12.2 Å². The van der Waals surface area contributed by atoms with E-state index in [0.717, 1.165) is 42.8 Å². The number of nitrogens with one attached hydrogen (secondary N) is 1. The maximum Gasteiger partial charge on any atom is 0.250 e. The molecule has 0 spiro atoms. The van der Waals surface area contributed by atoms with Gasteiger partial charge in [-0.2, -0.15) is 17.9 Å². The van der Waals surface area contributed by atoms with Crippen LogP contribution in [0.5, 0.6) is 5.75 Å². The zero-order valence-corrected chi connectivity index (χ0v) is 18.8. The van der Waals surface area contributed by atoms with Crippen molar-refractivity contribution in [2.24, 2.45) is 11.7 Å². The van der Waals surface area contributed by atoms with E-state index in [4.69, 9.17) is 21.5 Å². The van der Waals surface area contributed by atoms with Gasteiger partial charge >= 0.3 is 0 Å². The van der Waals surface area contributed by atoms with E-state index in [2.05, 4.69) is 30.6 Å². The fourth-order valence-electron chi connectivity index (χ4n) is 3.47. The Bertz CT molecular complexity index is 963. The molecule has 0 aliphatic carbocycles. The smallest absolute Gasteiger partial charge is 0.250 e. The Morgan fingerprint density at radius 3 is 2.55 bits per heavy atom. The number of anilines is 1. The minimum absolute atomic E-state index is 0.230. The van der Waals surface area contributed by atoms with Crippen LogP contribution in [0.15, 0.2) is 43.0 Å². The van der Waals surface area contributed by atoms with Crippen molar-refractivity contribution in [2.75, 3.05) is 24.6 Å². The van der Waals surface area contributed by atoms with Gasteiger partial charge in [-0.15, -0.1) is 0 Å². The third-order valence-electron chi connectivity index (χ3n) is 5.06. The molecule has 0 radical (unpaired) electrons. The van der Waals surface area contributed by atoms with Crippen LogP contribution in [-0.4, -0.2) is 24.7 Å². The van der Waals surface area contributed by atoms with E-state index in [0.29, 0.717) is 28.5 Å². The summed E-state index contributed by atoms with van der Waals surface area (Å²) in [7, 11) is 0. The van der Waals surface area contributed by atoms with E-state index in [1.165, 1.54) is 0 Å². The maximum absolute atomic E-state index is 11.9. The highest BCUT2D eigenvalue weighted by Crippen LogP contribution is 2.36. The standard InChI is InChI=1S/C22H24N4O2.C2H6S/c1-14(17-5-7-26-8-6-17)19-10-18(11-20(21(19)24)22(25)27)28-13-16-4-2-3-15(9-16)12-23;1-2-3/h2-4,9-11,17,26H,1,5-8,13,24H2,(H2,25,27);3H,2H2,1H3. The molecule has 1 aliphatic heterocycles. The van der Waals surface area contributed by atoms with E-state index < -0.39 is 5.91 Å². The van der Waals surface area contributed by atoms with Crippen molar-refractivity contribution in [2.45, 2.75) is 26.4 Å². The molecule has 7 heteroatoms. The Morgan fingerprint density at radius 1 is 1.29 bits per heavy atom. The van der Waals surface area contributed by atoms with Crippen LogP contribution in [0.25, 0.3) is 5.57 Å². The summed E-state index contributed by atoms with van der Waals surface area (Å²) in [5.41, 5.74) is 15.4. The quantitative estimate of drug-likeness (QED) is 0.405. The van der Waals surface area contributed by atoms with E-state index >= 15 is 0 Å². The SMILES string of the molecule is C=C(c1cc(OCc2cccc(C#N)c2)cc(C(N)=O)c1N)C1CCNCC1.CCS. The molecule has 1 heterocycles. The van der Waals surface area contributed by atoms with Crippen LogP contribution in [0.2, 0.25) is 0 Å². The number of ether oxygens (including phenoxy) is 1. The predicted octanol–water partition coefficient (Wildman–Crippen LogP) is 3.77. The molecule has 1 saturated heterocycles. The molecule has 0 saturated carbocycles. The molecule has 0 aromatic heterocycles. The number of hydrogen-bond acceptors (Lipinski definition) is 6. The number of hydrogen-bond donors (Lipinski definition) is 4. The second-order valence-corrected chi connectivity index (χ2v) is 7.90. The van der Waals surface area contributed by atoms with Gasteiger partial charge in [-0.3, -0.25) is 4.79 Å². The number of benzene rings is 2. The fraction of sp³-hybridized carbons (Fsp3) is 0.333. The van der Waals surface area contributed by atoms with Gasteiger partial charge in [-0.1, -0.05) is 25.6 Å². The molecule has 1 fully saturated rings. The Kier molecular flexibility index (Phi) is 9.44. The number of piperidine rings is 1. The zero-order chi connectivity index (χ0) is 22.8. The Hall–Kier alpha value is -2.95. The van der Waals surface area contributed by atoms with Crippen LogP contribution in [0, 0.1) is 17.2 Å². The van der Waals surface area contributed by atoms with Crippen LogP contribution >= 0.6 is 12.6 Å². The van der Waals surface area contributed by atoms with Gasteiger partial charge in [0.2, 0.25) is 0 Å². The lowest BCUT2D eigenvalue weighted by atomic mass is 9.85. The van der Waals surface area contributed by atoms with Gasteiger partial charge in [0, 0.05) is 5.56 Å². The summed E-state index contributed by atoms with van der Waals surface area (Å²) in [4.78, 5) is 11.9. The van der Waals surface area contributed by atoms with Gasteiger partial charge < -0.3 is 21.5 Å². The lowest BCUT2D eigenvalue weighted by Gasteiger charge is -2.26. The van der Waals surface area contributed by atoms with Crippen molar-refractivity contribution < 1.29 is 9.53 Å². The van der Waals surface area contributed by atoms with Crippen molar-refractivity contribution in [3.63, 3.8) is 0 Å². The molecular formula is C24H30N4O2S. The van der Waals surface area contributed by atoms with E-state index in [1.807, 2.05) is 19.1 Å². The summed E-state index contributed by atoms with van der Waals surface area (Å²) in [6.45, 7) is 8.35. The normalized spacial score (nSPS) is 13.5. The van der Waals surface area contributed by atoms with Crippen molar-refractivity contribution in [1.29, 1.82) is 5.26 Å². The molecule has 164 valence electrons. The molecule has 2 aromatic rings. The molecule has 3 rings (SSSR count). The van der Waals surface area contributed by atoms with Crippen molar-refractivity contribution in [3.8, 4) is 11.8 Å². The van der Waals surface area contributed by atoms with Crippen molar-refractivity contribution in [3.05, 3.63) is 65.2 Å². The summed E-state index contributed by atoms with van der Waals surface area (Å²) in [5.74, 6) is 1.14. The van der Waals surface area contributed by atoms with Gasteiger partial charge in [0.25, 0.3) is 5.91 Å². The number of rotatable bonds is 6. The first-order chi connectivity index (χ1) is 14.9. The molecule has 1 amide bonds. The summed E-state index contributed by atoms with van der Waals surface area (Å²) in [6, 6.07) is 12.7. The third-order valence-corrected chi connectivity index (χ3v) is 5.06. The van der Waals surface area contributed by atoms with Crippen LogP contribution in [0.3, 0.4) is 0 Å². The average molecular weight is 439 g/mol. The van der Waals surface area contributed by atoms with Crippen LogP contribution in [0.1, 0.15) is 46.8 Å². The number of nitrogens with two attached hydrogens (primary N) is 2. The number of nitriles is 1. The Labute approximate surface area is 189 Å². The highest BCUT2D eigenvalue weighted by atomic mass is 32.1. The van der Waals surface area contributed by atoms with Crippen molar-refractivity contribution >= 4 is 29.8 Å². The van der Waals surface area contributed by atoms with Gasteiger partial charge in [-0.05, 0) is 73.0 Å². The molecule has 1 aliphatic rings. The zero-order valence-electron chi connectivity index (χ0n) is 17.9. The predicted molar refractivity (Wildman–Crippen MR) is 129 cm³/mol. The summed E-state index contributed by atoms with van der Waals surface area (Å²) in [5, 5.41) is 12.4. The number of nitrogens with zero attached hydrogens (tertiary/aromatic N) is 1. The van der Waals surface area contributed by atoms with Gasteiger partial charge in [0.05, 0.1) is 22.9 Å². The van der Waals surface area contributed by atoms with Crippen LogP contribution in [-0.2, 0) is 6.61 Å². The van der Waals surface area contributed by atoms with Gasteiger partial charge in [0.15, 0.2) is 0 Å². The van der Waals surface area contributed by atoms with Gasteiger partial charge in [-0.25, -0.2) is 0 Å². The number of allylic oxidation sites excluding steroid dienone is 1. The molecule has 0 atom stereocenters. The Balaban J connectivity index is 0.00000107. The monoisotopic (exact) mass is 438 g/mol. The number of carbonyl (C=O) groups is 1. The number of carbonyl (C=O) groups excluding carboxylic acids is 1. The second kappa shape index (κ2) is 12.0. The molecule has 2 aromatic carbocycles. The highest BCUT2D eigenvalue weighted by molar-refractivity contribution is 7.80. The first-order valence-electron chi connectivity index (χ1n) is 10.3. The average Bonchev–Trinajstić information content (AvgIpc) is 2.79. The lowest BCUT2D eigenvalue weighted by Crippen LogP contribution is -2.28. The first kappa shape index (κ1) is 24.3. The lowest BCUT2D eigenvalue weighted by molar-refractivity contribution is 0.100. The molecule has 0 bridgehead atoms. The molecular weight excluding hydrogens is 408 g/mol. The molecule has 6 nitrogen and oxygen atoms in total. The van der Waals surface area contributed by atoms with E-state index in [1.54, 1.807) is 24.3 Å². The summed E-state index contributed by atoms with van der Waals surface area (Å²) in [6.07, 6.45) is 1.94. The minimum Gasteiger partial charge on any atom is -0.489 e. The number of thiol groups is 1. The van der Waals surface area contributed by atoms with Gasteiger partial charge in [0.1, 0.15) is 12.4 Å². The van der Waals surface area contributed by atoms with E-state index in [9.17, 15) is 4.79 Å². The molecule has 31 heavy (non-hydrogen) atoms. The highest BCUT2D eigenvalue weighted by Gasteiger charge is 2.22. The van der Waals surface area contributed by atoms with Crippen molar-refractivity contribution in [1.82, 2.24) is 5.32 Å².